The monoisotopic (exact) mass is 303 g/mol. The molecule has 1 aliphatic heterocycles. The molecule has 0 saturated carbocycles. The van der Waals surface area contributed by atoms with Gasteiger partial charge in [0.2, 0.25) is 5.91 Å². The topological polar surface area (TPSA) is 49.8 Å². The summed E-state index contributed by atoms with van der Waals surface area (Å²) in [6.45, 7) is 1.36. The number of aliphatic hydroxyl groups excluding tert-OH is 1. The van der Waals surface area contributed by atoms with Gasteiger partial charge in [0.25, 0.3) is 0 Å². The molecular formula is C13H15Cl2NO3. The fourth-order valence-electron chi connectivity index (χ4n) is 1.99. The van der Waals surface area contributed by atoms with Crippen molar-refractivity contribution >= 4 is 29.1 Å². The Morgan fingerprint density at radius 2 is 2.21 bits per heavy atom. The summed E-state index contributed by atoms with van der Waals surface area (Å²) in [6.07, 6.45) is -0.0128. The molecule has 1 N–H and O–H groups in total. The minimum Gasteiger partial charge on any atom is -0.394 e. The molecule has 19 heavy (non-hydrogen) atoms. The minimum absolute atomic E-state index is 0.000129. The fraction of sp³-hybridized carbons (Fsp3) is 0.462. The van der Waals surface area contributed by atoms with Crippen molar-refractivity contribution in [2.75, 3.05) is 26.3 Å². The molecule has 0 radical (unpaired) electrons. The van der Waals surface area contributed by atoms with Crippen LogP contribution >= 0.6 is 23.2 Å². The molecule has 1 aromatic carbocycles. The van der Waals surface area contributed by atoms with Gasteiger partial charge in [0.05, 0.1) is 35.8 Å². The molecule has 0 bridgehead atoms. The first-order chi connectivity index (χ1) is 9.10. The van der Waals surface area contributed by atoms with Gasteiger partial charge in [-0.05, 0) is 17.7 Å². The zero-order valence-corrected chi connectivity index (χ0v) is 11.8. The number of aliphatic hydroxyl groups is 1. The zero-order valence-electron chi connectivity index (χ0n) is 10.3. The first kappa shape index (κ1) is 14.6. The van der Waals surface area contributed by atoms with Crippen LogP contribution in [-0.4, -0.2) is 48.3 Å². The molecule has 6 heteroatoms. The summed E-state index contributed by atoms with van der Waals surface area (Å²) < 4.78 is 5.31. The number of amides is 1. The van der Waals surface area contributed by atoms with Crippen LogP contribution in [0.4, 0.5) is 0 Å². The molecule has 1 unspecified atom stereocenters. The zero-order chi connectivity index (χ0) is 13.8. The Kier molecular flexibility index (Phi) is 5.05. The maximum atomic E-state index is 12.1. The number of carbonyl (C=O) groups is 1. The summed E-state index contributed by atoms with van der Waals surface area (Å²) in [7, 11) is 0. The maximum Gasteiger partial charge on any atom is 0.227 e. The average Bonchev–Trinajstić information content (AvgIpc) is 2.43. The van der Waals surface area contributed by atoms with E-state index in [1.54, 1.807) is 23.1 Å². The van der Waals surface area contributed by atoms with Crippen LogP contribution in [0.25, 0.3) is 0 Å². The van der Waals surface area contributed by atoms with Gasteiger partial charge in [0.1, 0.15) is 0 Å². The summed E-state index contributed by atoms with van der Waals surface area (Å²) in [4.78, 5) is 13.8. The lowest BCUT2D eigenvalue weighted by Crippen LogP contribution is -2.47. The third-order valence-electron chi connectivity index (χ3n) is 3.03. The van der Waals surface area contributed by atoms with Crippen LogP contribution in [-0.2, 0) is 16.0 Å². The fourth-order valence-corrected chi connectivity index (χ4v) is 2.31. The van der Waals surface area contributed by atoms with E-state index in [0.29, 0.717) is 29.7 Å². The highest BCUT2D eigenvalue weighted by Gasteiger charge is 2.23. The Morgan fingerprint density at radius 3 is 2.89 bits per heavy atom. The van der Waals surface area contributed by atoms with E-state index in [4.69, 9.17) is 33.0 Å². The van der Waals surface area contributed by atoms with E-state index in [2.05, 4.69) is 0 Å². The van der Waals surface area contributed by atoms with Gasteiger partial charge in [-0.2, -0.15) is 0 Å². The Hall–Kier alpha value is -0.810. The molecule has 104 valence electrons. The molecule has 1 amide bonds. The highest BCUT2D eigenvalue weighted by atomic mass is 35.5. The summed E-state index contributed by atoms with van der Waals surface area (Å²) in [5.74, 6) is 0.000129. The van der Waals surface area contributed by atoms with Gasteiger partial charge in [-0.15, -0.1) is 0 Å². The van der Waals surface area contributed by atoms with Crippen molar-refractivity contribution < 1.29 is 14.6 Å². The average molecular weight is 304 g/mol. The number of halogens is 2. The van der Waals surface area contributed by atoms with Crippen molar-refractivity contribution in [1.82, 2.24) is 4.90 Å². The number of benzene rings is 1. The molecular weight excluding hydrogens is 289 g/mol. The largest absolute Gasteiger partial charge is 0.394 e. The van der Waals surface area contributed by atoms with E-state index < -0.39 is 0 Å². The summed E-state index contributed by atoms with van der Waals surface area (Å²) in [5.41, 5.74) is 0.825. The molecule has 0 spiro atoms. The predicted octanol–water partition coefficient (Wildman–Crippen LogP) is 1.76. The molecule has 1 atom stereocenters. The second-order valence-electron chi connectivity index (χ2n) is 4.44. The highest BCUT2D eigenvalue weighted by Crippen LogP contribution is 2.23. The van der Waals surface area contributed by atoms with Crippen molar-refractivity contribution in [2.24, 2.45) is 0 Å². The van der Waals surface area contributed by atoms with Gasteiger partial charge < -0.3 is 14.7 Å². The van der Waals surface area contributed by atoms with Crippen LogP contribution < -0.4 is 0 Å². The van der Waals surface area contributed by atoms with Crippen LogP contribution in [0.15, 0.2) is 18.2 Å². The smallest absolute Gasteiger partial charge is 0.227 e. The number of carbonyl (C=O) groups excluding carboxylic acids is 1. The molecule has 1 fully saturated rings. The molecule has 1 saturated heterocycles. The molecule has 1 heterocycles. The highest BCUT2D eigenvalue weighted by molar-refractivity contribution is 6.42. The quantitative estimate of drug-likeness (QED) is 0.925. The Labute approximate surface area is 121 Å². The first-order valence-electron chi connectivity index (χ1n) is 6.04. The molecule has 0 aromatic heterocycles. The number of nitrogens with zero attached hydrogens (tertiary/aromatic N) is 1. The molecule has 0 aliphatic carbocycles. The summed E-state index contributed by atoms with van der Waals surface area (Å²) in [6, 6.07) is 5.17. The second-order valence-corrected chi connectivity index (χ2v) is 5.25. The van der Waals surface area contributed by atoms with Crippen LogP contribution in [0, 0.1) is 0 Å². The van der Waals surface area contributed by atoms with Crippen molar-refractivity contribution in [3.05, 3.63) is 33.8 Å². The van der Waals surface area contributed by atoms with Gasteiger partial charge in [-0.1, -0.05) is 29.3 Å². The van der Waals surface area contributed by atoms with Gasteiger partial charge >= 0.3 is 0 Å². The van der Waals surface area contributed by atoms with Crippen LogP contribution in [0.1, 0.15) is 5.56 Å². The Morgan fingerprint density at radius 1 is 1.42 bits per heavy atom. The molecule has 2 rings (SSSR count). The summed E-state index contributed by atoms with van der Waals surface area (Å²) >= 11 is 11.8. The lowest BCUT2D eigenvalue weighted by Gasteiger charge is -2.32. The third kappa shape index (κ3) is 3.83. The van der Waals surface area contributed by atoms with E-state index >= 15 is 0 Å². The van der Waals surface area contributed by atoms with Crippen molar-refractivity contribution in [3.63, 3.8) is 0 Å². The normalized spacial score (nSPS) is 19.5. The maximum absolute atomic E-state index is 12.1. The summed E-state index contributed by atoms with van der Waals surface area (Å²) in [5, 5.41) is 9.98. The van der Waals surface area contributed by atoms with Crippen molar-refractivity contribution in [3.8, 4) is 0 Å². The predicted molar refractivity (Wildman–Crippen MR) is 73.6 cm³/mol. The SMILES string of the molecule is O=C(Cc1ccc(Cl)c(Cl)c1)N1CCOC(CO)C1. The number of hydrogen-bond donors (Lipinski definition) is 1. The van der Waals surface area contributed by atoms with Crippen LogP contribution in [0.3, 0.4) is 0 Å². The number of rotatable bonds is 3. The van der Waals surface area contributed by atoms with E-state index in [0.717, 1.165) is 5.56 Å². The van der Waals surface area contributed by atoms with Crippen LogP contribution in [0.5, 0.6) is 0 Å². The number of morpholine rings is 1. The lowest BCUT2D eigenvalue weighted by atomic mass is 10.1. The molecule has 1 aliphatic rings. The van der Waals surface area contributed by atoms with E-state index in [-0.39, 0.29) is 25.0 Å². The Balaban J connectivity index is 1.98. The number of hydrogen-bond acceptors (Lipinski definition) is 3. The van der Waals surface area contributed by atoms with Crippen molar-refractivity contribution in [1.29, 1.82) is 0 Å². The van der Waals surface area contributed by atoms with Gasteiger partial charge in [0.15, 0.2) is 0 Å². The van der Waals surface area contributed by atoms with Gasteiger partial charge in [0, 0.05) is 13.1 Å². The van der Waals surface area contributed by atoms with Crippen LogP contribution in [0.2, 0.25) is 10.0 Å². The van der Waals surface area contributed by atoms with Crippen molar-refractivity contribution in [2.45, 2.75) is 12.5 Å². The standard InChI is InChI=1S/C13H15Cl2NO3/c14-11-2-1-9(5-12(11)15)6-13(18)16-3-4-19-10(7-16)8-17/h1-2,5,10,17H,3-4,6-8H2. The minimum atomic E-state index is -0.286. The lowest BCUT2D eigenvalue weighted by molar-refractivity contribution is -0.139. The van der Waals surface area contributed by atoms with E-state index in [1.165, 1.54) is 0 Å². The number of ether oxygens (including phenoxy) is 1. The van der Waals surface area contributed by atoms with E-state index in [1.807, 2.05) is 0 Å². The molecule has 1 aromatic rings. The van der Waals surface area contributed by atoms with Gasteiger partial charge in [-0.3, -0.25) is 4.79 Å². The van der Waals surface area contributed by atoms with E-state index in [9.17, 15) is 4.79 Å². The second kappa shape index (κ2) is 6.57. The Bertz CT molecular complexity index is 467. The third-order valence-corrected chi connectivity index (χ3v) is 3.77. The first-order valence-corrected chi connectivity index (χ1v) is 6.80. The van der Waals surface area contributed by atoms with Gasteiger partial charge in [-0.25, -0.2) is 0 Å². The molecule has 4 nitrogen and oxygen atoms in total.